The van der Waals surface area contributed by atoms with Crippen molar-refractivity contribution in [3.8, 4) is 0 Å². The molecule has 0 saturated heterocycles. The Hall–Kier alpha value is -0.0575. The highest BCUT2D eigenvalue weighted by molar-refractivity contribution is 6.36. The fraction of sp³-hybridized carbons (Fsp3) is 0.333. The Morgan fingerprint density at radius 3 is 1.75 bits per heavy atom. The third-order valence-corrected chi connectivity index (χ3v) is 2.00. The Labute approximate surface area is 56.4 Å². The molecule has 2 heteroatoms. The zero-order valence-corrected chi connectivity index (χ0v) is 6.12. The maximum atomic E-state index is 3.62. The van der Waals surface area contributed by atoms with Crippen LogP contribution in [-0.4, -0.2) is 15.2 Å². The van der Waals surface area contributed by atoms with Crippen LogP contribution in [0.15, 0.2) is 25.3 Å². The molecule has 0 spiro atoms. The van der Waals surface area contributed by atoms with Crippen LogP contribution in [0.3, 0.4) is 0 Å². The molecule has 45 valence electrons. The Bertz CT molecular complexity index is 53.5. The first kappa shape index (κ1) is 10.8. The van der Waals surface area contributed by atoms with Crippen molar-refractivity contribution in [1.29, 1.82) is 0 Å². The largest absolute Gasteiger partial charge is 0.269 e. The van der Waals surface area contributed by atoms with Gasteiger partial charge in [0.2, 0.25) is 15.2 Å². The highest BCUT2D eigenvalue weighted by atomic mass is 27.1. The van der Waals surface area contributed by atoms with Crippen molar-refractivity contribution in [2.75, 3.05) is 0 Å². The highest BCUT2D eigenvalue weighted by Crippen LogP contribution is 1.84. The molecule has 0 aromatic carbocycles. The van der Waals surface area contributed by atoms with Gasteiger partial charge in [0.1, 0.15) is 0 Å². The van der Waals surface area contributed by atoms with Gasteiger partial charge in [-0.15, -0.1) is 25.3 Å². The van der Waals surface area contributed by atoms with E-state index in [1.54, 1.807) is 0 Å². The number of hydrogen-bond donors (Lipinski definition) is 0. The summed E-state index contributed by atoms with van der Waals surface area (Å²) in [5.74, 6) is 0. The topological polar surface area (TPSA) is 0 Å². The zero-order valence-electron chi connectivity index (χ0n) is 4.97. The van der Waals surface area contributed by atoms with Crippen molar-refractivity contribution in [2.45, 2.75) is 10.6 Å². The molecule has 0 aliphatic carbocycles. The predicted molar refractivity (Wildman–Crippen MR) is 38.3 cm³/mol. The quantitative estimate of drug-likeness (QED) is 0.309. The van der Waals surface area contributed by atoms with Crippen LogP contribution in [0.1, 0.15) is 0 Å². The van der Waals surface area contributed by atoms with E-state index in [9.17, 15) is 0 Å². The van der Waals surface area contributed by atoms with E-state index in [1.807, 2.05) is 12.2 Å². The lowest BCUT2D eigenvalue weighted by Gasteiger charge is -1.80. The van der Waals surface area contributed by atoms with Crippen molar-refractivity contribution < 1.29 is 4.70 Å². The van der Waals surface area contributed by atoms with Gasteiger partial charge in [-0.05, 0) is 0 Å². The van der Waals surface area contributed by atoms with Crippen molar-refractivity contribution in [1.82, 2.24) is 0 Å². The number of allylic oxidation sites excluding steroid dienone is 2. The smallest absolute Gasteiger partial charge is 0.212 e. The van der Waals surface area contributed by atoms with Crippen LogP contribution in [0.4, 0.5) is 4.70 Å². The molecule has 0 unspecified atom stereocenters. The second-order valence-electron chi connectivity index (χ2n) is 1.34. The molecule has 0 heterocycles. The third-order valence-electron chi connectivity index (χ3n) is 0.667. The molecule has 0 saturated carbocycles. The monoisotopic (exact) mass is 129 g/mol. The fourth-order valence-corrected chi connectivity index (χ4v) is 0.996. The summed E-state index contributed by atoms with van der Waals surface area (Å²) in [6, 6.07) is 0. The Morgan fingerprint density at radius 2 is 1.50 bits per heavy atom. The Balaban J connectivity index is 0. The van der Waals surface area contributed by atoms with E-state index in [2.05, 4.69) is 13.2 Å². The van der Waals surface area contributed by atoms with Crippen LogP contribution >= 0.6 is 0 Å². The molecule has 0 aromatic heterocycles. The number of rotatable bonds is 4. The summed E-state index contributed by atoms with van der Waals surface area (Å²) in [6.45, 7) is 7.24. The molecule has 0 atom stereocenters. The lowest BCUT2D eigenvalue weighted by atomic mass is 10.7. The Morgan fingerprint density at radius 1 is 1.12 bits per heavy atom. The Kier molecular flexibility index (Phi) is 13.6. The first-order valence-electron chi connectivity index (χ1n) is 2.45. The molecule has 0 bridgehead atoms. The molecular formula is C6H11AlF. The average Bonchev–Trinajstić information content (AvgIpc) is 1.69. The molecule has 0 rings (SSSR count). The van der Waals surface area contributed by atoms with Crippen molar-refractivity contribution in [3.05, 3.63) is 25.3 Å². The van der Waals surface area contributed by atoms with E-state index in [0.717, 1.165) is 0 Å². The lowest BCUT2D eigenvalue weighted by molar-refractivity contribution is 1.11. The lowest BCUT2D eigenvalue weighted by Crippen LogP contribution is -1.79. The molecular weight excluding hydrogens is 118 g/mol. The van der Waals surface area contributed by atoms with Gasteiger partial charge in [0.15, 0.2) is 0 Å². The third kappa shape index (κ3) is 9.34. The second-order valence-corrected chi connectivity index (χ2v) is 2.86. The van der Waals surface area contributed by atoms with Gasteiger partial charge in [-0.1, -0.05) is 10.6 Å². The van der Waals surface area contributed by atoms with Crippen LogP contribution in [0.25, 0.3) is 0 Å². The maximum Gasteiger partial charge on any atom is 0.212 e. The van der Waals surface area contributed by atoms with Crippen LogP contribution in [-0.2, 0) is 0 Å². The van der Waals surface area contributed by atoms with E-state index in [1.165, 1.54) is 10.6 Å². The van der Waals surface area contributed by atoms with E-state index in [0.29, 0.717) is 15.2 Å². The van der Waals surface area contributed by atoms with Crippen LogP contribution in [0.5, 0.6) is 0 Å². The molecule has 0 amide bonds. The standard InChI is InChI=1S/2C3H5.Al.FH/c2*1-3-2;;/h2*3H,1-2H2;;1H. The van der Waals surface area contributed by atoms with Gasteiger partial charge in [-0.2, -0.15) is 0 Å². The predicted octanol–water partition coefficient (Wildman–Crippen LogP) is 2.05. The van der Waals surface area contributed by atoms with E-state index < -0.39 is 0 Å². The summed E-state index contributed by atoms with van der Waals surface area (Å²) < 4.78 is 0. The zero-order chi connectivity index (χ0) is 5.54. The van der Waals surface area contributed by atoms with Gasteiger partial charge >= 0.3 is 0 Å². The molecule has 0 aromatic rings. The summed E-state index contributed by atoms with van der Waals surface area (Å²) in [5.41, 5.74) is 0. The summed E-state index contributed by atoms with van der Waals surface area (Å²) in [4.78, 5) is 0. The van der Waals surface area contributed by atoms with Gasteiger partial charge in [0.05, 0.1) is 0 Å². The molecule has 0 aliphatic heterocycles. The summed E-state index contributed by atoms with van der Waals surface area (Å²) in [5, 5.41) is 2.40. The van der Waals surface area contributed by atoms with Crippen LogP contribution < -0.4 is 0 Å². The van der Waals surface area contributed by atoms with E-state index >= 15 is 0 Å². The molecule has 1 radical (unpaired) electrons. The van der Waals surface area contributed by atoms with E-state index in [-0.39, 0.29) is 4.70 Å². The molecule has 0 nitrogen and oxygen atoms in total. The SMILES string of the molecule is C=C[CH2][Al][CH2]C=C.F. The van der Waals surface area contributed by atoms with Crippen LogP contribution in [0, 0.1) is 0 Å². The second kappa shape index (κ2) is 10.0. The average molecular weight is 129 g/mol. The molecule has 0 aliphatic rings. The number of hydrogen-bond acceptors (Lipinski definition) is 0. The summed E-state index contributed by atoms with van der Waals surface area (Å²) in [6.07, 6.45) is 3.94. The minimum atomic E-state index is 0. The number of halogens is 1. The fourth-order valence-electron chi connectivity index (χ4n) is 0.332. The summed E-state index contributed by atoms with van der Waals surface area (Å²) >= 11 is 0.586. The first-order chi connectivity index (χ1) is 3.41. The maximum absolute atomic E-state index is 3.62. The van der Waals surface area contributed by atoms with Gasteiger partial charge in [0.25, 0.3) is 0 Å². The van der Waals surface area contributed by atoms with Gasteiger partial charge in [-0.3, -0.25) is 4.70 Å². The van der Waals surface area contributed by atoms with Gasteiger partial charge in [-0.25, -0.2) is 0 Å². The van der Waals surface area contributed by atoms with Crippen molar-refractivity contribution in [3.63, 3.8) is 0 Å². The minimum absolute atomic E-state index is 0. The van der Waals surface area contributed by atoms with E-state index in [4.69, 9.17) is 0 Å². The van der Waals surface area contributed by atoms with Crippen molar-refractivity contribution in [2.24, 2.45) is 0 Å². The first-order valence-corrected chi connectivity index (χ1v) is 4.08. The molecule has 0 N–H and O–H groups in total. The summed E-state index contributed by atoms with van der Waals surface area (Å²) in [7, 11) is 0. The van der Waals surface area contributed by atoms with Gasteiger partial charge in [0, 0.05) is 0 Å². The minimum Gasteiger partial charge on any atom is -0.269 e. The molecule has 8 heavy (non-hydrogen) atoms. The molecule has 0 fully saturated rings. The van der Waals surface area contributed by atoms with Gasteiger partial charge < -0.3 is 0 Å². The van der Waals surface area contributed by atoms with Crippen molar-refractivity contribution >= 4 is 15.2 Å². The van der Waals surface area contributed by atoms with Crippen LogP contribution in [0.2, 0.25) is 10.6 Å². The normalized spacial score (nSPS) is 6.50. The highest BCUT2D eigenvalue weighted by Gasteiger charge is 1.79.